The number of hydrogen-bond donors (Lipinski definition) is 4. The fraction of sp³-hybridized carbons (Fsp3) is 1.00. The maximum Gasteiger partial charge on any atom is 0.0733 e. The van der Waals surface area contributed by atoms with Gasteiger partial charge < -0.3 is 10.5 Å². The molecule has 0 atom stereocenters. The van der Waals surface area contributed by atoms with Gasteiger partial charge in [-0.05, 0) is 39.8 Å². The van der Waals surface area contributed by atoms with Gasteiger partial charge in [-0.25, -0.2) is 15.8 Å². The summed E-state index contributed by atoms with van der Waals surface area (Å²) in [6.07, 6.45) is 2.26. The quantitative estimate of drug-likeness (QED) is 0.254. The Morgan fingerprint density at radius 1 is 1.29 bits per heavy atom. The van der Waals surface area contributed by atoms with Gasteiger partial charge in [-0.1, -0.05) is 6.92 Å². The van der Waals surface area contributed by atoms with Crippen LogP contribution in [-0.2, 0) is 9.88 Å². The maximum atomic E-state index is 6.50. The van der Waals surface area contributed by atoms with E-state index in [1.807, 2.05) is 5.01 Å². The second-order valence-electron chi connectivity index (χ2n) is 3.73. The standard InChI is InChI=1S/C10H25N3O2.H3NO/c1-5-7-11-8-6-9-13(10(2)3)12-15-14-4;1-2/h10-12H,5-9H2,1-4H3;2H,1H2. The molecule has 7 heteroatoms. The van der Waals surface area contributed by atoms with Crippen LogP contribution in [0.2, 0.25) is 0 Å². The van der Waals surface area contributed by atoms with Crippen LogP contribution in [0.4, 0.5) is 0 Å². The Labute approximate surface area is 104 Å². The van der Waals surface area contributed by atoms with Gasteiger partial charge in [0.25, 0.3) is 0 Å². The van der Waals surface area contributed by atoms with E-state index in [0.717, 1.165) is 26.1 Å². The van der Waals surface area contributed by atoms with Crippen LogP contribution in [0.1, 0.15) is 33.6 Å². The third-order valence-corrected chi connectivity index (χ3v) is 2.04. The molecular formula is C10H28N4O3. The summed E-state index contributed by atoms with van der Waals surface area (Å²) in [6, 6.07) is 0.381. The topological polar surface area (TPSA) is 92.0 Å². The third kappa shape index (κ3) is 13.7. The highest BCUT2D eigenvalue weighted by Gasteiger charge is 2.08. The molecule has 0 aliphatic carbocycles. The van der Waals surface area contributed by atoms with Gasteiger partial charge in [-0.2, -0.15) is 0 Å². The molecule has 0 aromatic heterocycles. The van der Waals surface area contributed by atoms with E-state index in [4.69, 9.17) is 10.2 Å². The molecule has 0 amide bonds. The molecule has 0 bridgehead atoms. The van der Waals surface area contributed by atoms with Crippen LogP contribution in [0, 0.1) is 0 Å². The summed E-state index contributed by atoms with van der Waals surface area (Å²) in [5.41, 5.74) is 2.74. The molecule has 0 saturated carbocycles. The summed E-state index contributed by atoms with van der Waals surface area (Å²) in [7, 11) is 1.48. The number of hydrogen-bond acceptors (Lipinski definition) is 7. The van der Waals surface area contributed by atoms with Crippen molar-refractivity contribution in [1.82, 2.24) is 15.9 Å². The first kappa shape index (κ1) is 19.1. The van der Waals surface area contributed by atoms with E-state index in [1.54, 1.807) is 0 Å². The fourth-order valence-electron chi connectivity index (χ4n) is 1.17. The molecule has 0 aliphatic heterocycles. The summed E-state index contributed by atoms with van der Waals surface area (Å²) in [5, 5.41) is 11.9. The van der Waals surface area contributed by atoms with E-state index in [9.17, 15) is 0 Å². The molecule has 0 radical (unpaired) electrons. The fourth-order valence-corrected chi connectivity index (χ4v) is 1.17. The largest absolute Gasteiger partial charge is 0.320 e. The minimum atomic E-state index is 0.381. The van der Waals surface area contributed by atoms with Gasteiger partial charge in [0.15, 0.2) is 0 Å². The summed E-state index contributed by atoms with van der Waals surface area (Å²) < 4.78 is 0. The van der Waals surface area contributed by atoms with E-state index >= 15 is 0 Å². The van der Waals surface area contributed by atoms with Gasteiger partial charge in [0.2, 0.25) is 0 Å². The molecule has 0 spiro atoms. The molecule has 0 aromatic carbocycles. The van der Waals surface area contributed by atoms with Crippen LogP contribution in [0.5, 0.6) is 0 Å². The molecule has 0 heterocycles. The average molecular weight is 252 g/mol. The second kappa shape index (κ2) is 15.7. The Hall–Kier alpha value is -0.280. The van der Waals surface area contributed by atoms with E-state index in [-0.39, 0.29) is 0 Å². The molecule has 17 heavy (non-hydrogen) atoms. The molecular weight excluding hydrogens is 224 g/mol. The van der Waals surface area contributed by atoms with Gasteiger partial charge in [-0.3, -0.25) is 0 Å². The zero-order chi connectivity index (χ0) is 13.5. The normalized spacial score (nSPS) is 10.6. The van der Waals surface area contributed by atoms with Gasteiger partial charge in [0.05, 0.1) is 7.11 Å². The molecule has 0 unspecified atom stereocenters. The molecule has 0 aromatic rings. The minimum Gasteiger partial charge on any atom is -0.320 e. The van der Waals surface area contributed by atoms with Crippen molar-refractivity contribution in [3.63, 3.8) is 0 Å². The van der Waals surface area contributed by atoms with E-state index in [1.165, 1.54) is 13.5 Å². The minimum absolute atomic E-state index is 0.381. The molecule has 0 rings (SSSR count). The first-order chi connectivity index (χ1) is 8.22. The second-order valence-corrected chi connectivity index (χ2v) is 3.73. The van der Waals surface area contributed by atoms with Gasteiger partial charge in [0.1, 0.15) is 0 Å². The van der Waals surface area contributed by atoms with Crippen molar-refractivity contribution in [1.29, 1.82) is 0 Å². The Bertz CT molecular complexity index is 139. The van der Waals surface area contributed by atoms with E-state index in [2.05, 4.69) is 42.5 Å². The monoisotopic (exact) mass is 252 g/mol. The number of nitrogens with one attached hydrogen (secondary N) is 2. The highest BCUT2D eigenvalue weighted by atomic mass is 17.3. The van der Waals surface area contributed by atoms with Crippen molar-refractivity contribution in [2.45, 2.75) is 39.7 Å². The average Bonchev–Trinajstić information content (AvgIpc) is 2.35. The third-order valence-electron chi connectivity index (χ3n) is 2.04. The highest BCUT2D eigenvalue weighted by molar-refractivity contribution is 4.56. The molecule has 0 saturated heterocycles. The zero-order valence-corrected chi connectivity index (χ0v) is 11.4. The summed E-state index contributed by atoms with van der Waals surface area (Å²) in [6.45, 7) is 9.42. The lowest BCUT2D eigenvalue weighted by Gasteiger charge is -2.25. The summed E-state index contributed by atoms with van der Waals surface area (Å²) >= 11 is 0. The van der Waals surface area contributed by atoms with Crippen molar-refractivity contribution < 1.29 is 15.1 Å². The number of nitrogens with zero attached hydrogens (tertiary/aromatic N) is 1. The van der Waals surface area contributed by atoms with Gasteiger partial charge >= 0.3 is 0 Å². The van der Waals surface area contributed by atoms with Crippen LogP contribution in [-0.4, -0.2) is 43.0 Å². The molecule has 0 fully saturated rings. The predicted octanol–water partition coefficient (Wildman–Crippen LogP) is 0.418. The molecule has 5 N–H and O–H groups in total. The Kier molecular flexibility index (Phi) is 17.6. The molecule has 106 valence electrons. The van der Waals surface area contributed by atoms with Crippen molar-refractivity contribution >= 4 is 0 Å². The number of rotatable bonds is 10. The van der Waals surface area contributed by atoms with Crippen LogP contribution in [0.3, 0.4) is 0 Å². The van der Waals surface area contributed by atoms with Crippen molar-refractivity contribution in [2.24, 2.45) is 5.90 Å². The number of hydrazine groups is 1. The van der Waals surface area contributed by atoms with Gasteiger partial charge in [-0.15, -0.1) is 10.6 Å². The maximum absolute atomic E-state index is 6.50. The lowest BCUT2D eigenvalue weighted by molar-refractivity contribution is -0.356. The lowest BCUT2D eigenvalue weighted by atomic mass is 10.3. The van der Waals surface area contributed by atoms with Crippen molar-refractivity contribution in [2.75, 3.05) is 26.7 Å². The van der Waals surface area contributed by atoms with Crippen LogP contribution in [0.15, 0.2) is 0 Å². The SMILES string of the molecule is CCCNCCCN(NOOC)C(C)C.NO. The van der Waals surface area contributed by atoms with E-state index in [0.29, 0.717) is 6.04 Å². The summed E-state index contributed by atoms with van der Waals surface area (Å²) in [5.74, 6) is 3.50. The Morgan fingerprint density at radius 3 is 2.41 bits per heavy atom. The Balaban J connectivity index is 0. The predicted molar refractivity (Wildman–Crippen MR) is 66.8 cm³/mol. The first-order valence-electron chi connectivity index (χ1n) is 5.90. The van der Waals surface area contributed by atoms with Crippen molar-refractivity contribution in [3.8, 4) is 0 Å². The van der Waals surface area contributed by atoms with Crippen LogP contribution in [0.25, 0.3) is 0 Å². The highest BCUT2D eigenvalue weighted by Crippen LogP contribution is 1.95. The zero-order valence-electron chi connectivity index (χ0n) is 11.4. The molecule has 0 aliphatic rings. The number of nitrogens with two attached hydrogens (primary N) is 1. The van der Waals surface area contributed by atoms with Crippen molar-refractivity contribution in [3.05, 3.63) is 0 Å². The Morgan fingerprint density at radius 2 is 1.94 bits per heavy atom. The molecule has 7 nitrogen and oxygen atoms in total. The van der Waals surface area contributed by atoms with E-state index < -0.39 is 0 Å². The smallest absolute Gasteiger partial charge is 0.0733 e. The lowest BCUT2D eigenvalue weighted by Crippen LogP contribution is -2.44. The first-order valence-corrected chi connectivity index (χ1v) is 5.90. The summed E-state index contributed by atoms with van der Waals surface area (Å²) in [4.78, 5) is 9.19. The van der Waals surface area contributed by atoms with Crippen LogP contribution < -0.4 is 16.8 Å². The van der Waals surface area contributed by atoms with Crippen LogP contribution >= 0.6 is 0 Å². The van der Waals surface area contributed by atoms with Gasteiger partial charge in [0, 0.05) is 12.6 Å².